The average Bonchev–Trinajstić information content (AvgIpc) is 2.24. The Morgan fingerprint density at radius 3 is 2.40 bits per heavy atom. The second kappa shape index (κ2) is 5.60. The van der Waals surface area contributed by atoms with Crippen LogP contribution in [0, 0.1) is 0 Å². The Morgan fingerprint density at radius 2 is 1.90 bits per heavy atom. The van der Waals surface area contributed by atoms with Gasteiger partial charge in [0.25, 0.3) is 0 Å². The van der Waals surface area contributed by atoms with Gasteiger partial charge in [-0.3, -0.25) is 0 Å². The minimum atomic E-state index is -4.51. The molecule has 0 saturated heterocycles. The highest BCUT2D eigenvalue weighted by Crippen LogP contribution is 2.32. The normalized spacial score (nSPS) is 12.1. The highest BCUT2D eigenvalue weighted by molar-refractivity contribution is 5.67. The number of phenols is 1. The Hall–Kier alpha value is -1.92. The fourth-order valence-corrected chi connectivity index (χ4v) is 1.38. The van der Waals surface area contributed by atoms with Gasteiger partial charge in [-0.25, -0.2) is 4.79 Å². The van der Waals surface area contributed by atoms with Crippen molar-refractivity contribution in [1.82, 2.24) is 5.32 Å². The van der Waals surface area contributed by atoms with E-state index < -0.39 is 23.4 Å². The van der Waals surface area contributed by atoms with Crippen LogP contribution < -0.4 is 5.32 Å². The van der Waals surface area contributed by atoms with E-state index in [0.717, 1.165) is 18.2 Å². The van der Waals surface area contributed by atoms with Gasteiger partial charge < -0.3 is 15.2 Å². The van der Waals surface area contributed by atoms with Crippen molar-refractivity contribution in [2.75, 3.05) is 0 Å². The smallest absolute Gasteiger partial charge is 0.416 e. The molecular formula is C13H16F3NO3. The number of aromatic hydroxyl groups is 1. The molecule has 112 valence electrons. The van der Waals surface area contributed by atoms with E-state index in [1.807, 2.05) is 0 Å². The highest BCUT2D eigenvalue weighted by atomic mass is 19.4. The molecule has 0 atom stereocenters. The van der Waals surface area contributed by atoms with Gasteiger partial charge in [0.05, 0.1) is 5.56 Å². The summed E-state index contributed by atoms with van der Waals surface area (Å²) in [5, 5.41) is 11.8. The number of rotatable bonds is 2. The van der Waals surface area contributed by atoms with Crippen molar-refractivity contribution in [1.29, 1.82) is 0 Å². The predicted molar refractivity (Wildman–Crippen MR) is 66.2 cm³/mol. The third-order valence-corrected chi connectivity index (χ3v) is 2.23. The second-order valence-electron chi connectivity index (χ2n) is 5.20. The highest BCUT2D eigenvalue weighted by Gasteiger charge is 2.31. The van der Waals surface area contributed by atoms with Crippen LogP contribution in [0.15, 0.2) is 18.2 Å². The summed E-state index contributed by atoms with van der Waals surface area (Å²) in [6.07, 6.45) is -5.27. The van der Waals surface area contributed by atoms with Crippen LogP contribution >= 0.6 is 0 Å². The quantitative estimate of drug-likeness (QED) is 0.877. The maximum Gasteiger partial charge on any atom is 0.416 e. The zero-order valence-electron chi connectivity index (χ0n) is 11.3. The lowest BCUT2D eigenvalue weighted by Crippen LogP contribution is -2.32. The molecule has 0 aliphatic rings. The van der Waals surface area contributed by atoms with Crippen LogP contribution in [0.1, 0.15) is 31.9 Å². The number of hydrogen-bond acceptors (Lipinski definition) is 3. The van der Waals surface area contributed by atoms with Gasteiger partial charge in [-0.15, -0.1) is 0 Å². The maximum atomic E-state index is 12.5. The zero-order chi connectivity index (χ0) is 15.6. The molecule has 1 aromatic rings. The Kier molecular flexibility index (Phi) is 4.52. The third-order valence-electron chi connectivity index (χ3n) is 2.23. The summed E-state index contributed by atoms with van der Waals surface area (Å²) in [6.45, 7) is 4.72. The van der Waals surface area contributed by atoms with Gasteiger partial charge in [0, 0.05) is 12.1 Å². The molecule has 0 heterocycles. The monoisotopic (exact) mass is 291 g/mol. The maximum absolute atomic E-state index is 12.5. The number of alkyl carbamates (subject to hydrolysis) is 1. The van der Waals surface area contributed by atoms with Crippen LogP contribution in [-0.4, -0.2) is 16.8 Å². The summed E-state index contributed by atoms with van der Waals surface area (Å²) < 4.78 is 42.5. The lowest BCUT2D eigenvalue weighted by atomic mass is 10.1. The molecule has 2 N–H and O–H groups in total. The SMILES string of the molecule is CC(C)(C)OC(=O)NCc1cc(C(F)(F)F)ccc1O. The van der Waals surface area contributed by atoms with Gasteiger partial charge in [-0.05, 0) is 39.0 Å². The predicted octanol–water partition coefficient (Wildman–Crippen LogP) is 3.44. The van der Waals surface area contributed by atoms with Crippen molar-refractivity contribution in [3.8, 4) is 5.75 Å². The lowest BCUT2D eigenvalue weighted by Gasteiger charge is -2.20. The number of ether oxygens (including phenoxy) is 1. The molecular weight excluding hydrogens is 275 g/mol. The molecule has 0 fully saturated rings. The van der Waals surface area contributed by atoms with Crippen molar-refractivity contribution in [3.05, 3.63) is 29.3 Å². The standard InChI is InChI=1S/C13H16F3NO3/c1-12(2,3)20-11(19)17-7-8-6-9(13(14,15)16)4-5-10(8)18/h4-6,18H,7H2,1-3H3,(H,17,19). The van der Waals surface area contributed by atoms with Gasteiger partial charge in [0.15, 0.2) is 0 Å². The fraction of sp³-hybridized carbons (Fsp3) is 0.462. The molecule has 0 saturated carbocycles. The second-order valence-corrected chi connectivity index (χ2v) is 5.20. The van der Waals surface area contributed by atoms with Crippen LogP contribution in [0.25, 0.3) is 0 Å². The number of benzene rings is 1. The number of phenolic OH excluding ortho intramolecular Hbond substituents is 1. The summed E-state index contributed by atoms with van der Waals surface area (Å²) in [7, 11) is 0. The summed E-state index contributed by atoms with van der Waals surface area (Å²) in [5.74, 6) is -0.325. The number of carbonyl (C=O) groups is 1. The molecule has 0 aliphatic carbocycles. The summed E-state index contributed by atoms with van der Waals surface area (Å²) in [4.78, 5) is 11.4. The molecule has 4 nitrogen and oxygen atoms in total. The van der Waals surface area contributed by atoms with E-state index >= 15 is 0 Å². The summed E-state index contributed by atoms with van der Waals surface area (Å²) in [5.41, 5.74) is -1.64. The zero-order valence-corrected chi connectivity index (χ0v) is 11.3. The molecule has 0 aliphatic heterocycles. The van der Waals surface area contributed by atoms with Crippen molar-refractivity contribution in [2.45, 2.75) is 39.1 Å². The van der Waals surface area contributed by atoms with E-state index in [1.165, 1.54) is 0 Å². The van der Waals surface area contributed by atoms with E-state index in [0.29, 0.717) is 0 Å². The fourth-order valence-electron chi connectivity index (χ4n) is 1.38. The number of alkyl halides is 3. The molecule has 0 bridgehead atoms. The molecule has 1 amide bonds. The van der Waals surface area contributed by atoms with Crippen molar-refractivity contribution in [2.24, 2.45) is 0 Å². The Bertz CT molecular complexity index is 493. The van der Waals surface area contributed by atoms with E-state index in [-0.39, 0.29) is 17.9 Å². The molecule has 0 radical (unpaired) electrons. The first kappa shape index (κ1) is 16.1. The van der Waals surface area contributed by atoms with Crippen LogP contribution in [0.2, 0.25) is 0 Å². The van der Waals surface area contributed by atoms with Crippen LogP contribution in [-0.2, 0) is 17.5 Å². The Balaban J connectivity index is 2.75. The number of hydrogen-bond donors (Lipinski definition) is 2. The number of nitrogens with one attached hydrogen (secondary N) is 1. The molecule has 1 rings (SSSR count). The van der Waals surface area contributed by atoms with Crippen LogP contribution in [0.5, 0.6) is 5.75 Å². The first-order valence-electron chi connectivity index (χ1n) is 5.85. The van der Waals surface area contributed by atoms with Gasteiger partial charge in [0.1, 0.15) is 11.4 Å². The minimum absolute atomic E-state index is 0.0364. The van der Waals surface area contributed by atoms with Crippen LogP contribution in [0.4, 0.5) is 18.0 Å². The largest absolute Gasteiger partial charge is 0.508 e. The van der Waals surface area contributed by atoms with Crippen molar-refractivity contribution in [3.63, 3.8) is 0 Å². The molecule has 0 spiro atoms. The van der Waals surface area contributed by atoms with E-state index in [2.05, 4.69) is 5.32 Å². The first-order valence-corrected chi connectivity index (χ1v) is 5.85. The number of halogens is 3. The molecule has 1 aromatic carbocycles. The Morgan fingerprint density at radius 1 is 1.30 bits per heavy atom. The van der Waals surface area contributed by atoms with E-state index in [1.54, 1.807) is 20.8 Å². The average molecular weight is 291 g/mol. The molecule has 0 aromatic heterocycles. The topological polar surface area (TPSA) is 58.6 Å². The van der Waals surface area contributed by atoms with E-state index in [4.69, 9.17) is 4.74 Å². The molecule has 0 unspecified atom stereocenters. The van der Waals surface area contributed by atoms with Crippen LogP contribution in [0.3, 0.4) is 0 Å². The van der Waals surface area contributed by atoms with Crippen molar-refractivity contribution < 1.29 is 27.8 Å². The Labute approximate surface area is 114 Å². The third kappa shape index (κ3) is 4.99. The van der Waals surface area contributed by atoms with Gasteiger partial charge in [-0.2, -0.15) is 13.2 Å². The summed E-state index contributed by atoms with van der Waals surface area (Å²) >= 11 is 0. The first-order chi connectivity index (χ1) is 8.99. The number of carbonyl (C=O) groups excluding carboxylic acids is 1. The van der Waals surface area contributed by atoms with Gasteiger partial charge in [-0.1, -0.05) is 0 Å². The lowest BCUT2D eigenvalue weighted by molar-refractivity contribution is -0.137. The molecule has 7 heteroatoms. The molecule has 20 heavy (non-hydrogen) atoms. The number of amides is 1. The van der Waals surface area contributed by atoms with E-state index in [9.17, 15) is 23.1 Å². The minimum Gasteiger partial charge on any atom is -0.508 e. The van der Waals surface area contributed by atoms with Crippen molar-refractivity contribution >= 4 is 6.09 Å². The van der Waals surface area contributed by atoms with Gasteiger partial charge >= 0.3 is 12.3 Å². The van der Waals surface area contributed by atoms with Gasteiger partial charge in [0.2, 0.25) is 0 Å². The summed E-state index contributed by atoms with van der Waals surface area (Å²) in [6, 6.07) is 2.49.